The van der Waals surface area contributed by atoms with Crippen LogP contribution in [0.4, 0.5) is 0 Å². The molecule has 0 aromatic heterocycles. The fourth-order valence-corrected chi connectivity index (χ4v) is 2.24. The van der Waals surface area contributed by atoms with Gasteiger partial charge in [0.15, 0.2) is 11.5 Å². The quantitative estimate of drug-likeness (QED) is 0.868. The lowest BCUT2D eigenvalue weighted by Crippen LogP contribution is -2.24. The second-order valence-corrected chi connectivity index (χ2v) is 5.17. The van der Waals surface area contributed by atoms with Crippen LogP contribution in [-0.2, 0) is 0 Å². The summed E-state index contributed by atoms with van der Waals surface area (Å²) in [5.41, 5.74) is 6.98. The molecule has 2 unspecified atom stereocenters. The molecule has 1 aromatic rings. The number of nitrogens with zero attached hydrogens (tertiary/aromatic N) is 1. The summed E-state index contributed by atoms with van der Waals surface area (Å²) in [6.07, 6.45) is 1.04. The van der Waals surface area contributed by atoms with E-state index in [4.69, 9.17) is 15.2 Å². The minimum absolute atomic E-state index is 0.324. The van der Waals surface area contributed by atoms with Crippen LogP contribution in [-0.4, -0.2) is 32.3 Å². The lowest BCUT2D eigenvalue weighted by Gasteiger charge is -2.27. The minimum atomic E-state index is 0.324. The van der Waals surface area contributed by atoms with Crippen molar-refractivity contribution in [3.8, 4) is 11.5 Å². The Balaban J connectivity index is 2.20. The maximum Gasteiger partial charge on any atom is 0.231 e. The Morgan fingerprint density at radius 1 is 1.28 bits per heavy atom. The van der Waals surface area contributed by atoms with Crippen LogP contribution in [0.25, 0.3) is 0 Å². The summed E-state index contributed by atoms with van der Waals surface area (Å²) >= 11 is 0. The van der Waals surface area contributed by atoms with Crippen molar-refractivity contribution in [2.45, 2.75) is 19.4 Å². The van der Waals surface area contributed by atoms with Crippen molar-refractivity contribution in [3.63, 3.8) is 0 Å². The molecule has 18 heavy (non-hydrogen) atoms. The maximum atomic E-state index is 5.73. The average Bonchev–Trinajstić information content (AvgIpc) is 2.82. The summed E-state index contributed by atoms with van der Waals surface area (Å²) in [5, 5.41) is 0. The van der Waals surface area contributed by atoms with Crippen LogP contribution in [0, 0.1) is 5.92 Å². The Labute approximate surface area is 109 Å². The van der Waals surface area contributed by atoms with Gasteiger partial charge in [-0.3, -0.25) is 0 Å². The first kappa shape index (κ1) is 13.2. The van der Waals surface area contributed by atoms with Crippen molar-refractivity contribution in [2.75, 3.05) is 27.4 Å². The molecule has 1 aliphatic heterocycles. The van der Waals surface area contributed by atoms with Crippen LogP contribution in [0.2, 0.25) is 0 Å². The first-order chi connectivity index (χ1) is 8.61. The molecule has 0 saturated heterocycles. The Hall–Kier alpha value is -1.26. The van der Waals surface area contributed by atoms with Crippen LogP contribution in [0.3, 0.4) is 0 Å². The molecular formula is C14H22N2O2. The highest BCUT2D eigenvalue weighted by Gasteiger charge is 2.20. The van der Waals surface area contributed by atoms with E-state index in [1.165, 1.54) is 5.56 Å². The van der Waals surface area contributed by atoms with E-state index in [9.17, 15) is 0 Å². The largest absolute Gasteiger partial charge is 0.454 e. The van der Waals surface area contributed by atoms with Crippen molar-refractivity contribution >= 4 is 0 Å². The summed E-state index contributed by atoms with van der Waals surface area (Å²) in [5.74, 6) is 2.19. The van der Waals surface area contributed by atoms with Gasteiger partial charge in [0.25, 0.3) is 0 Å². The number of nitrogens with two attached hydrogens (primary N) is 1. The van der Waals surface area contributed by atoms with Crippen LogP contribution >= 0.6 is 0 Å². The fourth-order valence-electron chi connectivity index (χ4n) is 2.24. The fraction of sp³-hybridized carbons (Fsp3) is 0.571. The third-order valence-electron chi connectivity index (χ3n) is 3.43. The zero-order chi connectivity index (χ0) is 13.1. The molecule has 4 heteroatoms. The van der Waals surface area contributed by atoms with E-state index in [1.54, 1.807) is 0 Å². The molecule has 4 nitrogen and oxygen atoms in total. The molecule has 0 radical (unpaired) electrons. The molecule has 100 valence electrons. The first-order valence-corrected chi connectivity index (χ1v) is 6.38. The van der Waals surface area contributed by atoms with E-state index in [-0.39, 0.29) is 0 Å². The Bertz CT molecular complexity index is 407. The lowest BCUT2D eigenvalue weighted by molar-refractivity contribution is 0.173. The topological polar surface area (TPSA) is 47.7 Å². The van der Waals surface area contributed by atoms with Crippen molar-refractivity contribution < 1.29 is 9.47 Å². The molecule has 1 aromatic carbocycles. The van der Waals surface area contributed by atoms with Gasteiger partial charge in [0, 0.05) is 6.04 Å². The Kier molecular flexibility index (Phi) is 4.09. The third kappa shape index (κ3) is 2.76. The molecule has 0 bridgehead atoms. The molecule has 0 fully saturated rings. The van der Waals surface area contributed by atoms with E-state index < -0.39 is 0 Å². The lowest BCUT2D eigenvalue weighted by atomic mass is 9.95. The zero-order valence-corrected chi connectivity index (χ0v) is 11.3. The van der Waals surface area contributed by atoms with Gasteiger partial charge in [-0.2, -0.15) is 0 Å². The SMILES string of the molecule is CC(CN)CC(c1ccc2c(c1)OCO2)N(C)C. The normalized spacial score (nSPS) is 16.9. The van der Waals surface area contributed by atoms with Gasteiger partial charge in [-0.25, -0.2) is 0 Å². The highest BCUT2D eigenvalue weighted by molar-refractivity contribution is 5.45. The summed E-state index contributed by atoms with van der Waals surface area (Å²) < 4.78 is 10.8. The minimum Gasteiger partial charge on any atom is -0.454 e. The second kappa shape index (κ2) is 5.59. The van der Waals surface area contributed by atoms with E-state index in [1.807, 2.05) is 6.07 Å². The molecule has 1 heterocycles. The van der Waals surface area contributed by atoms with Gasteiger partial charge in [-0.15, -0.1) is 0 Å². The Morgan fingerprint density at radius 2 is 2.00 bits per heavy atom. The van der Waals surface area contributed by atoms with E-state index in [0.717, 1.165) is 24.5 Å². The van der Waals surface area contributed by atoms with Gasteiger partial charge in [0.1, 0.15) is 0 Å². The van der Waals surface area contributed by atoms with Crippen LogP contribution in [0.1, 0.15) is 24.9 Å². The van der Waals surface area contributed by atoms with E-state index >= 15 is 0 Å². The van der Waals surface area contributed by atoms with Gasteiger partial charge in [0.2, 0.25) is 6.79 Å². The standard InChI is InChI=1S/C14H22N2O2/c1-10(8-15)6-12(16(2)3)11-4-5-13-14(7-11)18-9-17-13/h4-5,7,10,12H,6,8-9,15H2,1-3H3. The number of rotatable bonds is 5. The molecular weight excluding hydrogens is 228 g/mol. The Morgan fingerprint density at radius 3 is 2.67 bits per heavy atom. The van der Waals surface area contributed by atoms with Gasteiger partial charge in [0.05, 0.1) is 0 Å². The van der Waals surface area contributed by atoms with Crippen molar-refractivity contribution in [3.05, 3.63) is 23.8 Å². The number of benzene rings is 1. The summed E-state index contributed by atoms with van der Waals surface area (Å²) in [7, 11) is 4.19. The molecule has 0 saturated carbocycles. The molecule has 0 amide bonds. The number of hydrogen-bond acceptors (Lipinski definition) is 4. The van der Waals surface area contributed by atoms with Crippen LogP contribution in [0.5, 0.6) is 11.5 Å². The summed E-state index contributed by atoms with van der Waals surface area (Å²) in [6.45, 7) is 3.23. The van der Waals surface area contributed by atoms with Crippen LogP contribution in [0.15, 0.2) is 18.2 Å². The zero-order valence-electron chi connectivity index (χ0n) is 11.3. The van der Waals surface area contributed by atoms with E-state index in [2.05, 4.69) is 38.1 Å². The molecule has 0 spiro atoms. The highest BCUT2D eigenvalue weighted by atomic mass is 16.7. The van der Waals surface area contributed by atoms with E-state index in [0.29, 0.717) is 18.8 Å². The predicted octanol–water partition coefficient (Wildman–Crippen LogP) is 2.00. The number of fused-ring (bicyclic) bond motifs is 1. The molecule has 2 atom stereocenters. The molecule has 2 N–H and O–H groups in total. The summed E-state index contributed by atoms with van der Waals surface area (Å²) in [6, 6.07) is 6.54. The van der Waals surface area contributed by atoms with Gasteiger partial charge >= 0.3 is 0 Å². The number of ether oxygens (including phenoxy) is 2. The maximum absolute atomic E-state index is 5.73. The average molecular weight is 250 g/mol. The number of hydrogen-bond donors (Lipinski definition) is 1. The first-order valence-electron chi connectivity index (χ1n) is 6.38. The van der Waals surface area contributed by atoms with Crippen molar-refractivity contribution in [1.29, 1.82) is 0 Å². The van der Waals surface area contributed by atoms with Gasteiger partial charge in [-0.1, -0.05) is 13.0 Å². The molecule has 1 aliphatic rings. The van der Waals surface area contributed by atoms with Crippen molar-refractivity contribution in [2.24, 2.45) is 11.7 Å². The van der Waals surface area contributed by atoms with Crippen LogP contribution < -0.4 is 15.2 Å². The predicted molar refractivity (Wildman–Crippen MR) is 71.8 cm³/mol. The third-order valence-corrected chi connectivity index (χ3v) is 3.43. The van der Waals surface area contributed by atoms with Crippen molar-refractivity contribution in [1.82, 2.24) is 4.90 Å². The highest BCUT2D eigenvalue weighted by Crippen LogP contribution is 2.36. The monoisotopic (exact) mass is 250 g/mol. The van der Waals surface area contributed by atoms with Gasteiger partial charge in [-0.05, 0) is 50.7 Å². The second-order valence-electron chi connectivity index (χ2n) is 5.17. The molecule has 0 aliphatic carbocycles. The summed E-state index contributed by atoms with van der Waals surface area (Å²) in [4.78, 5) is 2.23. The van der Waals surface area contributed by atoms with Gasteiger partial charge < -0.3 is 20.1 Å². The molecule has 2 rings (SSSR count). The smallest absolute Gasteiger partial charge is 0.231 e.